The van der Waals surface area contributed by atoms with E-state index in [1.165, 1.54) is 85.0 Å². The monoisotopic (exact) mass is 467 g/mol. The van der Waals surface area contributed by atoms with Gasteiger partial charge in [0.25, 0.3) is 0 Å². The molecule has 0 fully saturated rings. The summed E-state index contributed by atoms with van der Waals surface area (Å²) >= 11 is 0. The van der Waals surface area contributed by atoms with E-state index in [0.29, 0.717) is 0 Å². The molecule has 0 aliphatic heterocycles. The number of nitrogens with two attached hydrogens (primary N) is 2. The van der Waals surface area contributed by atoms with Crippen molar-refractivity contribution in [2.75, 3.05) is 24.6 Å². The van der Waals surface area contributed by atoms with Crippen LogP contribution in [-0.4, -0.2) is 13.1 Å². The van der Waals surface area contributed by atoms with E-state index in [4.69, 9.17) is 11.5 Å². The zero-order valence-electron chi connectivity index (χ0n) is 23.2. The highest BCUT2D eigenvalue weighted by Gasteiger charge is 2.10. The van der Waals surface area contributed by atoms with Crippen molar-refractivity contribution >= 4 is 11.4 Å². The molecular formula is C31H53N3. The summed E-state index contributed by atoms with van der Waals surface area (Å²) < 4.78 is 0. The van der Waals surface area contributed by atoms with Gasteiger partial charge in [-0.2, -0.15) is 0 Å². The van der Waals surface area contributed by atoms with Crippen molar-refractivity contribution in [1.82, 2.24) is 5.32 Å². The van der Waals surface area contributed by atoms with Crippen molar-refractivity contribution in [3.63, 3.8) is 0 Å². The van der Waals surface area contributed by atoms with Crippen molar-refractivity contribution < 1.29 is 0 Å². The van der Waals surface area contributed by atoms with Crippen LogP contribution in [-0.2, 0) is 32.1 Å². The molecule has 0 radical (unpaired) electrons. The fourth-order valence-corrected chi connectivity index (χ4v) is 4.44. The minimum absolute atomic E-state index is 0.945. The first-order chi connectivity index (χ1) is 16.4. The number of anilines is 2. The van der Waals surface area contributed by atoms with Gasteiger partial charge in [-0.1, -0.05) is 91.5 Å². The van der Waals surface area contributed by atoms with E-state index < -0.39 is 0 Å². The number of hydrogen-bond acceptors (Lipinski definition) is 3. The molecule has 5 N–H and O–H groups in total. The lowest BCUT2D eigenvalue weighted by Crippen LogP contribution is -2.16. The van der Waals surface area contributed by atoms with Crippen LogP contribution >= 0.6 is 0 Å². The van der Waals surface area contributed by atoms with Gasteiger partial charge in [0.2, 0.25) is 0 Å². The molecule has 3 heteroatoms. The third-order valence-corrected chi connectivity index (χ3v) is 6.67. The van der Waals surface area contributed by atoms with Gasteiger partial charge in [-0.15, -0.1) is 0 Å². The second kappa shape index (κ2) is 17.4. The normalized spacial score (nSPS) is 10.8. The first kappa shape index (κ1) is 30.0. The molecule has 0 saturated heterocycles. The molecule has 0 unspecified atom stereocenters. The third-order valence-electron chi connectivity index (χ3n) is 6.67. The summed E-state index contributed by atoms with van der Waals surface area (Å²) in [6.07, 6.45) is 13.0. The van der Waals surface area contributed by atoms with Crippen LogP contribution in [0.5, 0.6) is 0 Å². The number of unbranched alkanes of at least 4 members (excludes halogenated alkanes) is 4. The molecule has 0 amide bonds. The summed E-state index contributed by atoms with van der Waals surface area (Å²) in [4.78, 5) is 0. The summed E-state index contributed by atoms with van der Waals surface area (Å²) in [5.41, 5.74) is 22.2. The maximum absolute atomic E-state index is 6.26. The van der Waals surface area contributed by atoms with Gasteiger partial charge < -0.3 is 16.8 Å². The van der Waals surface area contributed by atoms with Crippen LogP contribution in [0.4, 0.5) is 11.4 Å². The largest absolute Gasteiger partial charge is 0.398 e. The average Bonchev–Trinajstić information content (AvgIpc) is 2.85. The SMILES string of the molecule is CCCCCNCCCCC.CCc1cc(Cc2cc(CC)c(N)c(CC)c2)cc(CC)c1N. The van der Waals surface area contributed by atoms with Crippen molar-refractivity contribution in [3.8, 4) is 0 Å². The fourth-order valence-electron chi connectivity index (χ4n) is 4.44. The summed E-state index contributed by atoms with van der Waals surface area (Å²) in [5, 5.41) is 3.46. The highest BCUT2D eigenvalue weighted by molar-refractivity contribution is 5.58. The summed E-state index contributed by atoms with van der Waals surface area (Å²) in [6.45, 7) is 15.6. The quantitative estimate of drug-likeness (QED) is 0.197. The molecule has 0 bridgehead atoms. The van der Waals surface area contributed by atoms with Gasteiger partial charge in [-0.25, -0.2) is 0 Å². The predicted molar refractivity (Wildman–Crippen MR) is 154 cm³/mol. The molecule has 2 aromatic carbocycles. The second-order valence-electron chi connectivity index (χ2n) is 9.41. The number of nitrogen functional groups attached to an aromatic ring is 2. The van der Waals surface area contributed by atoms with E-state index in [9.17, 15) is 0 Å². The van der Waals surface area contributed by atoms with E-state index in [-0.39, 0.29) is 0 Å². The van der Waals surface area contributed by atoms with E-state index in [1.54, 1.807) is 0 Å². The summed E-state index contributed by atoms with van der Waals surface area (Å²) in [5.74, 6) is 0. The van der Waals surface area contributed by atoms with Crippen LogP contribution < -0.4 is 16.8 Å². The number of rotatable bonds is 14. The highest BCUT2D eigenvalue weighted by atomic mass is 14.8. The predicted octanol–water partition coefficient (Wildman–Crippen LogP) is 7.65. The van der Waals surface area contributed by atoms with Crippen molar-refractivity contribution in [3.05, 3.63) is 57.6 Å². The van der Waals surface area contributed by atoms with E-state index in [0.717, 1.165) is 43.5 Å². The first-order valence-electron chi connectivity index (χ1n) is 14.0. The zero-order chi connectivity index (χ0) is 25.3. The molecule has 192 valence electrons. The Morgan fingerprint density at radius 2 is 0.853 bits per heavy atom. The Kier molecular flexibility index (Phi) is 15.4. The Morgan fingerprint density at radius 1 is 0.529 bits per heavy atom. The highest BCUT2D eigenvalue weighted by Crippen LogP contribution is 2.26. The van der Waals surface area contributed by atoms with E-state index in [2.05, 4.69) is 71.1 Å². The second-order valence-corrected chi connectivity index (χ2v) is 9.41. The van der Waals surface area contributed by atoms with Crippen LogP contribution in [0.3, 0.4) is 0 Å². The standard InChI is InChI=1S/C21H30N2.C10H23N/c1-5-16-10-14(11-17(6-2)20(16)22)9-15-12-18(7-3)21(23)19(8-4)13-15;1-3-5-7-9-11-10-8-6-4-2/h10-13H,5-9,22-23H2,1-4H3;11H,3-10H2,1-2H3. The molecule has 0 atom stereocenters. The molecular weight excluding hydrogens is 414 g/mol. The Balaban J connectivity index is 0.000000445. The maximum atomic E-state index is 6.26. The van der Waals surface area contributed by atoms with Gasteiger partial charge in [0.1, 0.15) is 0 Å². The molecule has 34 heavy (non-hydrogen) atoms. The molecule has 2 rings (SSSR count). The lowest BCUT2D eigenvalue weighted by atomic mass is 9.93. The minimum atomic E-state index is 0.945. The Bertz CT molecular complexity index is 708. The Labute approximate surface area is 211 Å². The van der Waals surface area contributed by atoms with Gasteiger partial charge in [0, 0.05) is 11.4 Å². The molecule has 0 spiro atoms. The van der Waals surface area contributed by atoms with E-state index in [1.807, 2.05) is 0 Å². The Hall–Kier alpha value is -2.00. The van der Waals surface area contributed by atoms with Crippen LogP contribution in [0.15, 0.2) is 24.3 Å². The molecule has 2 aromatic rings. The topological polar surface area (TPSA) is 64.1 Å². The van der Waals surface area contributed by atoms with Crippen LogP contribution in [0.1, 0.15) is 113 Å². The number of hydrogen-bond donors (Lipinski definition) is 3. The molecule has 0 aliphatic rings. The van der Waals surface area contributed by atoms with Crippen LogP contribution in [0.25, 0.3) is 0 Å². The lowest BCUT2D eigenvalue weighted by molar-refractivity contribution is 0.583. The Morgan fingerprint density at radius 3 is 1.12 bits per heavy atom. The molecule has 0 heterocycles. The van der Waals surface area contributed by atoms with Gasteiger partial charge in [-0.3, -0.25) is 0 Å². The lowest BCUT2D eigenvalue weighted by Gasteiger charge is -2.15. The number of benzene rings is 2. The molecule has 0 saturated carbocycles. The third kappa shape index (κ3) is 10.1. The average molecular weight is 468 g/mol. The summed E-state index contributed by atoms with van der Waals surface area (Å²) in [7, 11) is 0. The number of nitrogens with one attached hydrogen (secondary N) is 1. The zero-order valence-corrected chi connectivity index (χ0v) is 23.2. The van der Waals surface area contributed by atoms with Crippen LogP contribution in [0, 0.1) is 0 Å². The van der Waals surface area contributed by atoms with Gasteiger partial charge in [0.05, 0.1) is 0 Å². The molecule has 0 aromatic heterocycles. The van der Waals surface area contributed by atoms with Gasteiger partial charge in [0.15, 0.2) is 0 Å². The number of aryl methyl sites for hydroxylation is 4. The van der Waals surface area contributed by atoms with Crippen molar-refractivity contribution in [2.24, 2.45) is 0 Å². The first-order valence-corrected chi connectivity index (χ1v) is 14.0. The summed E-state index contributed by atoms with van der Waals surface area (Å²) in [6, 6.07) is 9.06. The van der Waals surface area contributed by atoms with Crippen LogP contribution in [0.2, 0.25) is 0 Å². The van der Waals surface area contributed by atoms with Crippen molar-refractivity contribution in [1.29, 1.82) is 0 Å². The van der Waals surface area contributed by atoms with Gasteiger partial charge in [-0.05, 0) is 91.4 Å². The van der Waals surface area contributed by atoms with Gasteiger partial charge >= 0.3 is 0 Å². The van der Waals surface area contributed by atoms with Crippen molar-refractivity contribution in [2.45, 2.75) is 112 Å². The molecule has 3 nitrogen and oxygen atoms in total. The van der Waals surface area contributed by atoms with E-state index >= 15 is 0 Å². The molecule has 0 aliphatic carbocycles. The minimum Gasteiger partial charge on any atom is -0.398 e. The fraction of sp³-hybridized carbons (Fsp3) is 0.613. The maximum Gasteiger partial charge on any atom is 0.0379 e. The smallest absolute Gasteiger partial charge is 0.0379 e.